The smallest absolute Gasteiger partial charge is 0.264 e. The molecule has 2 amide bonds. The first-order valence-corrected chi connectivity index (χ1v) is 15.3. The van der Waals surface area contributed by atoms with E-state index in [4.69, 9.17) is 11.6 Å². The van der Waals surface area contributed by atoms with Crippen LogP contribution in [-0.4, -0.2) is 43.8 Å². The molecule has 0 heterocycles. The van der Waals surface area contributed by atoms with E-state index in [0.29, 0.717) is 22.7 Å². The van der Waals surface area contributed by atoms with Gasteiger partial charge in [-0.15, -0.1) is 0 Å². The molecule has 0 aliphatic heterocycles. The number of nitrogens with zero attached hydrogens (tertiary/aromatic N) is 2. The molecule has 3 rings (SSSR count). The summed E-state index contributed by atoms with van der Waals surface area (Å²) in [6.07, 6.45) is 1.11. The summed E-state index contributed by atoms with van der Waals surface area (Å²) in [5.41, 5.74) is 3.00. The van der Waals surface area contributed by atoms with Gasteiger partial charge in [0, 0.05) is 17.6 Å². The lowest BCUT2D eigenvalue weighted by molar-refractivity contribution is -0.140. The number of sulfonamides is 1. The van der Waals surface area contributed by atoms with Gasteiger partial charge in [0.15, 0.2) is 0 Å². The fourth-order valence-corrected chi connectivity index (χ4v) is 5.95. The largest absolute Gasteiger partial charge is 0.352 e. The number of nitrogens with one attached hydrogen (secondary N) is 1. The average molecular weight is 584 g/mol. The number of rotatable bonds is 12. The quantitative estimate of drug-likeness (QED) is 0.289. The topological polar surface area (TPSA) is 86.8 Å². The van der Waals surface area contributed by atoms with Crippen LogP contribution in [0.4, 0.5) is 5.69 Å². The molecule has 2 atom stereocenters. The number of carbonyl (C=O) groups is 2. The number of para-hydroxylation sites is 1. The SMILES string of the molecule is CC[C@H](C(=O)N[C@@H](C)CC)N(Cc1ccc(C)cc1)C(=O)CN(c1ccccc1C)S(=O)(=O)c1ccc(Cl)cc1. The standard InChI is InChI=1S/C31H38ClN3O4S/c1-6-24(5)33-31(37)28(7-2)34(20-25-14-12-22(3)13-15-25)30(36)21-35(29-11-9-8-10-23(29)4)40(38,39)27-18-16-26(32)17-19-27/h8-19,24,28H,6-7,20-21H2,1-5H3,(H,33,37)/t24-,28+/m0/s1. The van der Waals surface area contributed by atoms with Gasteiger partial charge in [0.05, 0.1) is 10.6 Å². The lowest BCUT2D eigenvalue weighted by Gasteiger charge is -2.34. The van der Waals surface area contributed by atoms with Crippen LogP contribution < -0.4 is 9.62 Å². The Bertz CT molecular complexity index is 1410. The van der Waals surface area contributed by atoms with Crippen LogP contribution in [0.3, 0.4) is 0 Å². The summed E-state index contributed by atoms with van der Waals surface area (Å²) in [4.78, 5) is 29.0. The number of hydrogen-bond donors (Lipinski definition) is 1. The van der Waals surface area contributed by atoms with Crippen molar-refractivity contribution in [3.05, 3.63) is 94.5 Å². The summed E-state index contributed by atoms with van der Waals surface area (Å²) in [5, 5.41) is 3.39. The normalized spacial score (nSPS) is 12.8. The second-order valence-electron chi connectivity index (χ2n) is 10.0. The van der Waals surface area contributed by atoms with Crippen molar-refractivity contribution in [1.29, 1.82) is 0 Å². The third-order valence-electron chi connectivity index (χ3n) is 6.93. The molecule has 0 aromatic heterocycles. The Hall–Kier alpha value is -3.36. The monoisotopic (exact) mass is 583 g/mol. The molecule has 0 bridgehead atoms. The minimum Gasteiger partial charge on any atom is -0.352 e. The minimum atomic E-state index is -4.15. The Labute approximate surface area is 243 Å². The molecule has 0 radical (unpaired) electrons. The lowest BCUT2D eigenvalue weighted by Crippen LogP contribution is -2.53. The number of anilines is 1. The van der Waals surface area contributed by atoms with Crippen LogP contribution in [0.15, 0.2) is 77.7 Å². The minimum absolute atomic E-state index is 0.0135. The highest BCUT2D eigenvalue weighted by molar-refractivity contribution is 7.92. The zero-order valence-electron chi connectivity index (χ0n) is 23.7. The number of halogens is 1. The Balaban J connectivity index is 2.06. The van der Waals surface area contributed by atoms with E-state index in [1.54, 1.807) is 25.1 Å². The molecule has 0 saturated heterocycles. The summed E-state index contributed by atoms with van der Waals surface area (Å²) in [6.45, 7) is 9.19. The first kappa shape index (κ1) is 31.2. The van der Waals surface area contributed by atoms with Crippen LogP contribution in [0.2, 0.25) is 5.02 Å². The second kappa shape index (κ2) is 13.8. The number of amides is 2. The van der Waals surface area contributed by atoms with Gasteiger partial charge in [0.2, 0.25) is 11.8 Å². The molecule has 0 saturated carbocycles. The van der Waals surface area contributed by atoms with Crippen LogP contribution in [0.1, 0.15) is 50.3 Å². The summed E-state index contributed by atoms with van der Waals surface area (Å²) >= 11 is 6.02. The summed E-state index contributed by atoms with van der Waals surface area (Å²) in [7, 11) is -4.15. The van der Waals surface area contributed by atoms with Gasteiger partial charge in [0.25, 0.3) is 10.0 Å². The molecule has 0 spiro atoms. The van der Waals surface area contributed by atoms with Gasteiger partial charge in [-0.05, 0) is 75.1 Å². The molecule has 0 unspecified atom stereocenters. The molecule has 9 heteroatoms. The number of aryl methyl sites for hydroxylation is 2. The van der Waals surface area contributed by atoms with E-state index in [2.05, 4.69) is 5.32 Å². The summed E-state index contributed by atoms with van der Waals surface area (Å²) in [6, 6.07) is 19.7. The van der Waals surface area contributed by atoms with Crippen LogP contribution in [-0.2, 0) is 26.2 Å². The van der Waals surface area contributed by atoms with E-state index < -0.39 is 28.5 Å². The summed E-state index contributed by atoms with van der Waals surface area (Å²) in [5.74, 6) is -0.743. The average Bonchev–Trinajstić information content (AvgIpc) is 2.93. The lowest BCUT2D eigenvalue weighted by atomic mass is 10.1. The van der Waals surface area contributed by atoms with Crippen molar-refractivity contribution in [2.24, 2.45) is 0 Å². The molecule has 7 nitrogen and oxygen atoms in total. The molecular weight excluding hydrogens is 546 g/mol. The Morgan fingerprint density at radius 3 is 2.10 bits per heavy atom. The fourth-order valence-electron chi connectivity index (χ4n) is 4.34. The van der Waals surface area contributed by atoms with Crippen molar-refractivity contribution >= 4 is 39.1 Å². The fraction of sp³-hybridized carbons (Fsp3) is 0.355. The van der Waals surface area contributed by atoms with Crippen LogP contribution in [0.25, 0.3) is 0 Å². The Kier molecular flexibility index (Phi) is 10.8. The van der Waals surface area contributed by atoms with E-state index in [-0.39, 0.29) is 23.4 Å². The van der Waals surface area contributed by atoms with Crippen molar-refractivity contribution in [2.45, 2.75) is 71.0 Å². The third kappa shape index (κ3) is 7.64. The van der Waals surface area contributed by atoms with E-state index >= 15 is 0 Å². The van der Waals surface area contributed by atoms with E-state index in [1.165, 1.54) is 29.2 Å². The van der Waals surface area contributed by atoms with Gasteiger partial charge >= 0.3 is 0 Å². The van der Waals surface area contributed by atoms with Gasteiger partial charge < -0.3 is 10.2 Å². The molecule has 3 aromatic rings. The van der Waals surface area contributed by atoms with Crippen molar-refractivity contribution < 1.29 is 18.0 Å². The van der Waals surface area contributed by atoms with Crippen molar-refractivity contribution in [2.75, 3.05) is 10.8 Å². The first-order chi connectivity index (χ1) is 19.0. The maximum Gasteiger partial charge on any atom is 0.264 e. The van der Waals surface area contributed by atoms with Gasteiger partial charge in [0.1, 0.15) is 12.6 Å². The van der Waals surface area contributed by atoms with Crippen molar-refractivity contribution in [3.63, 3.8) is 0 Å². The van der Waals surface area contributed by atoms with E-state index in [9.17, 15) is 18.0 Å². The third-order valence-corrected chi connectivity index (χ3v) is 8.95. The Morgan fingerprint density at radius 2 is 1.52 bits per heavy atom. The molecule has 214 valence electrons. The van der Waals surface area contributed by atoms with Crippen LogP contribution >= 0.6 is 11.6 Å². The van der Waals surface area contributed by atoms with Gasteiger partial charge in [-0.1, -0.05) is 73.5 Å². The highest BCUT2D eigenvalue weighted by Crippen LogP contribution is 2.28. The number of hydrogen-bond acceptors (Lipinski definition) is 4. The van der Waals surface area contributed by atoms with Crippen LogP contribution in [0, 0.1) is 13.8 Å². The predicted molar refractivity (Wildman–Crippen MR) is 161 cm³/mol. The van der Waals surface area contributed by atoms with E-state index in [0.717, 1.165) is 21.9 Å². The highest BCUT2D eigenvalue weighted by Gasteiger charge is 2.34. The summed E-state index contributed by atoms with van der Waals surface area (Å²) < 4.78 is 29.0. The first-order valence-electron chi connectivity index (χ1n) is 13.5. The maximum atomic E-state index is 14.1. The van der Waals surface area contributed by atoms with Crippen LogP contribution in [0.5, 0.6) is 0 Å². The molecule has 1 N–H and O–H groups in total. The van der Waals surface area contributed by atoms with Gasteiger partial charge in [-0.2, -0.15) is 0 Å². The molecule has 0 aliphatic carbocycles. The van der Waals surface area contributed by atoms with Crippen molar-refractivity contribution in [3.8, 4) is 0 Å². The van der Waals surface area contributed by atoms with Gasteiger partial charge in [-0.25, -0.2) is 8.42 Å². The highest BCUT2D eigenvalue weighted by atomic mass is 35.5. The molecule has 0 fully saturated rings. The second-order valence-corrected chi connectivity index (χ2v) is 12.3. The zero-order valence-corrected chi connectivity index (χ0v) is 25.3. The molecule has 3 aromatic carbocycles. The van der Waals surface area contributed by atoms with E-state index in [1.807, 2.05) is 58.0 Å². The molecule has 0 aliphatic rings. The maximum absolute atomic E-state index is 14.1. The van der Waals surface area contributed by atoms with Gasteiger partial charge in [-0.3, -0.25) is 13.9 Å². The molecule has 40 heavy (non-hydrogen) atoms. The number of carbonyl (C=O) groups excluding carboxylic acids is 2. The molecular formula is C31H38ClN3O4S. The predicted octanol–water partition coefficient (Wildman–Crippen LogP) is 5.87. The van der Waals surface area contributed by atoms with Crippen molar-refractivity contribution in [1.82, 2.24) is 10.2 Å². The Morgan fingerprint density at radius 1 is 0.900 bits per heavy atom. The number of benzene rings is 3. The zero-order chi connectivity index (χ0) is 29.4.